The van der Waals surface area contributed by atoms with Gasteiger partial charge in [-0.1, -0.05) is 6.92 Å². The van der Waals surface area contributed by atoms with E-state index in [1.807, 2.05) is 0 Å². The van der Waals surface area contributed by atoms with Crippen LogP contribution in [0.15, 0.2) is 0 Å². The van der Waals surface area contributed by atoms with Crippen LogP contribution in [0.25, 0.3) is 0 Å². The van der Waals surface area contributed by atoms with Crippen LogP contribution >= 0.6 is 0 Å². The molecule has 0 saturated carbocycles. The highest BCUT2D eigenvalue weighted by atomic mass is 16.5. The molecule has 66 valence electrons. The van der Waals surface area contributed by atoms with Crippen LogP contribution in [0.1, 0.15) is 6.92 Å². The highest BCUT2D eigenvalue weighted by Gasteiger charge is 2.34. The molecule has 3 N–H and O–H groups in total. The van der Waals surface area contributed by atoms with E-state index < -0.39 is 12.2 Å². The second-order valence-corrected chi connectivity index (χ2v) is 2.97. The lowest BCUT2D eigenvalue weighted by atomic mass is 9.92. The van der Waals surface area contributed by atoms with Gasteiger partial charge in [0.25, 0.3) is 0 Å². The largest absolute Gasteiger partial charge is 0.394 e. The Labute approximate surface area is 65.4 Å². The lowest BCUT2D eigenvalue weighted by Gasteiger charge is -2.35. The number of hydrogen-bond donors (Lipinski definition) is 3. The first-order valence-corrected chi connectivity index (χ1v) is 3.75. The fraction of sp³-hybridized carbons (Fsp3) is 1.00. The molecule has 0 radical (unpaired) electrons. The maximum atomic E-state index is 9.31. The molecule has 0 spiro atoms. The Balaban J connectivity index is 2.52. The maximum absolute atomic E-state index is 9.31. The molecule has 0 amide bonds. The highest BCUT2D eigenvalue weighted by molar-refractivity contribution is 4.83. The summed E-state index contributed by atoms with van der Waals surface area (Å²) in [5, 5.41) is 27.2. The Morgan fingerprint density at radius 1 is 1.45 bits per heavy atom. The van der Waals surface area contributed by atoms with E-state index in [1.54, 1.807) is 6.92 Å². The Kier molecular flexibility index (Phi) is 2.84. The van der Waals surface area contributed by atoms with Crippen LogP contribution in [0, 0.1) is 5.92 Å². The van der Waals surface area contributed by atoms with Gasteiger partial charge in [-0.15, -0.1) is 0 Å². The standard InChI is InChI=1S/C7H14O4/c1-4-6(2-8)11-3-5(9)7(4)10/h4-10H,2-3H2,1H3/t4-,5+,6-,7+/m1/s1. The average molecular weight is 162 g/mol. The molecule has 1 fully saturated rings. The van der Waals surface area contributed by atoms with E-state index in [0.29, 0.717) is 0 Å². The number of ether oxygens (including phenoxy) is 1. The normalized spacial score (nSPS) is 45.8. The van der Waals surface area contributed by atoms with Crippen LogP contribution in [0.4, 0.5) is 0 Å². The van der Waals surface area contributed by atoms with E-state index in [4.69, 9.17) is 14.9 Å². The second kappa shape index (κ2) is 3.49. The van der Waals surface area contributed by atoms with Crippen molar-refractivity contribution in [2.24, 2.45) is 5.92 Å². The van der Waals surface area contributed by atoms with Gasteiger partial charge in [0.05, 0.1) is 25.4 Å². The molecule has 4 atom stereocenters. The summed E-state index contributed by atoms with van der Waals surface area (Å²) in [6.45, 7) is 1.75. The molecule has 1 heterocycles. The lowest BCUT2D eigenvalue weighted by molar-refractivity contribution is -0.163. The predicted molar refractivity (Wildman–Crippen MR) is 38.0 cm³/mol. The maximum Gasteiger partial charge on any atom is 0.104 e. The van der Waals surface area contributed by atoms with E-state index in [0.717, 1.165) is 0 Å². The molecule has 1 rings (SSSR count). The van der Waals surface area contributed by atoms with Crippen LogP contribution in [0.2, 0.25) is 0 Å². The van der Waals surface area contributed by atoms with Crippen LogP contribution in [-0.2, 0) is 4.74 Å². The predicted octanol–water partition coefficient (Wildman–Crippen LogP) is -1.26. The minimum atomic E-state index is -0.812. The van der Waals surface area contributed by atoms with Crippen LogP contribution < -0.4 is 0 Å². The lowest BCUT2D eigenvalue weighted by Crippen LogP contribution is -2.49. The van der Waals surface area contributed by atoms with Gasteiger partial charge in [-0.25, -0.2) is 0 Å². The van der Waals surface area contributed by atoms with Crippen LogP contribution in [0.3, 0.4) is 0 Å². The zero-order valence-electron chi connectivity index (χ0n) is 6.47. The molecule has 0 aromatic rings. The molecule has 4 heteroatoms. The van der Waals surface area contributed by atoms with Gasteiger partial charge in [0.15, 0.2) is 0 Å². The minimum absolute atomic E-state index is 0.106. The zero-order chi connectivity index (χ0) is 8.43. The van der Waals surface area contributed by atoms with Gasteiger partial charge in [0, 0.05) is 5.92 Å². The Bertz CT molecular complexity index is 126. The fourth-order valence-electron chi connectivity index (χ4n) is 1.26. The summed E-state index contributed by atoms with van der Waals surface area (Å²) in [4.78, 5) is 0. The van der Waals surface area contributed by atoms with Crippen molar-refractivity contribution in [2.75, 3.05) is 13.2 Å². The summed E-state index contributed by atoms with van der Waals surface area (Å²) in [5.41, 5.74) is 0. The van der Waals surface area contributed by atoms with Gasteiger partial charge in [0.1, 0.15) is 6.10 Å². The van der Waals surface area contributed by atoms with Gasteiger partial charge in [-0.2, -0.15) is 0 Å². The number of hydrogen-bond acceptors (Lipinski definition) is 4. The highest BCUT2D eigenvalue weighted by Crippen LogP contribution is 2.20. The van der Waals surface area contributed by atoms with Crippen molar-refractivity contribution in [3.63, 3.8) is 0 Å². The molecule has 11 heavy (non-hydrogen) atoms. The van der Waals surface area contributed by atoms with E-state index >= 15 is 0 Å². The summed E-state index contributed by atoms with van der Waals surface area (Å²) < 4.78 is 5.06. The van der Waals surface area contributed by atoms with Crippen molar-refractivity contribution in [1.29, 1.82) is 0 Å². The number of rotatable bonds is 1. The van der Waals surface area contributed by atoms with E-state index in [2.05, 4.69) is 0 Å². The Hall–Kier alpha value is -0.160. The van der Waals surface area contributed by atoms with Gasteiger partial charge in [0.2, 0.25) is 0 Å². The van der Waals surface area contributed by atoms with Crippen LogP contribution in [0.5, 0.6) is 0 Å². The number of aliphatic hydroxyl groups excluding tert-OH is 3. The van der Waals surface area contributed by atoms with Crippen molar-refractivity contribution in [1.82, 2.24) is 0 Å². The molecule has 0 aromatic carbocycles. The summed E-state index contributed by atoms with van der Waals surface area (Å²) in [5.74, 6) is -0.205. The minimum Gasteiger partial charge on any atom is -0.394 e. The van der Waals surface area contributed by atoms with Crippen molar-refractivity contribution < 1.29 is 20.1 Å². The van der Waals surface area contributed by atoms with Crippen molar-refractivity contribution in [3.05, 3.63) is 0 Å². The fourth-order valence-corrected chi connectivity index (χ4v) is 1.26. The molecule has 0 aromatic heterocycles. The summed E-state index contributed by atoms with van der Waals surface area (Å²) in [6, 6.07) is 0. The third-order valence-electron chi connectivity index (χ3n) is 2.18. The first kappa shape index (κ1) is 8.93. The molecule has 1 aliphatic heterocycles. The Morgan fingerprint density at radius 3 is 2.64 bits per heavy atom. The molecular weight excluding hydrogens is 148 g/mol. The van der Waals surface area contributed by atoms with Crippen LogP contribution in [-0.4, -0.2) is 46.8 Å². The molecule has 0 bridgehead atoms. The van der Waals surface area contributed by atoms with E-state index in [-0.39, 0.29) is 25.2 Å². The Morgan fingerprint density at radius 2 is 2.09 bits per heavy atom. The molecule has 4 nitrogen and oxygen atoms in total. The molecule has 1 aliphatic rings. The van der Waals surface area contributed by atoms with Crippen molar-refractivity contribution >= 4 is 0 Å². The smallest absolute Gasteiger partial charge is 0.104 e. The monoisotopic (exact) mass is 162 g/mol. The summed E-state index contributed by atoms with van der Waals surface area (Å²) in [6.07, 6.45) is -1.93. The van der Waals surface area contributed by atoms with Gasteiger partial charge in [-0.3, -0.25) is 0 Å². The van der Waals surface area contributed by atoms with E-state index in [9.17, 15) is 5.11 Å². The third-order valence-corrected chi connectivity index (χ3v) is 2.18. The molecular formula is C7H14O4. The second-order valence-electron chi connectivity index (χ2n) is 2.97. The third kappa shape index (κ3) is 1.70. The van der Waals surface area contributed by atoms with Crippen molar-refractivity contribution in [3.8, 4) is 0 Å². The molecule has 0 aliphatic carbocycles. The molecule has 1 saturated heterocycles. The number of aliphatic hydroxyl groups is 3. The average Bonchev–Trinajstić information content (AvgIpc) is 2.01. The summed E-state index contributed by atoms with van der Waals surface area (Å²) in [7, 11) is 0. The first-order chi connectivity index (χ1) is 5.16. The topological polar surface area (TPSA) is 69.9 Å². The summed E-state index contributed by atoms with van der Waals surface area (Å²) >= 11 is 0. The van der Waals surface area contributed by atoms with Gasteiger partial charge >= 0.3 is 0 Å². The SMILES string of the molecule is C[C@H]1[C@H](O)[C@@H](O)CO[C@@H]1CO. The molecule has 0 unspecified atom stereocenters. The van der Waals surface area contributed by atoms with Gasteiger partial charge in [-0.05, 0) is 0 Å². The first-order valence-electron chi connectivity index (χ1n) is 3.75. The van der Waals surface area contributed by atoms with Crippen molar-refractivity contribution in [2.45, 2.75) is 25.2 Å². The van der Waals surface area contributed by atoms with Gasteiger partial charge < -0.3 is 20.1 Å². The zero-order valence-corrected chi connectivity index (χ0v) is 6.47. The van der Waals surface area contributed by atoms with E-state index in [1.165, 1.54) is 0 Å². The quantitative estimate of drug-likeness (QED) is 0.450.